The van der Waals surface area contributed by atoms with Crippen molar-refractivity contribution in [2.45, 2.75) is 6.61 Å². The van der Waals surface area contributed by atoms with E-state index in [-0.39, 0.29) is 11.8 Å². The maximum absolute atomic E-state index is 12.8. The summed E-state index contributed by atoms with van der Waals surface area (Å²) < 4.78 is 5.82. The molecule has 2 N–H and O–H groups in total. The molecule has 0 aliphatic rings. The molecule has 4 rings (SSSR count). The number of aromatic nitrogens is 3. The average molecular weight is 425 g/mol. The van der Waals surface area contributed by atoms with Gasteiger partial charge in [0.1, 0.15) is 6.61 Å². The molecule has 1 aromatic carbocycles. The van der Waals surface area contributed by atoms with E-state index < -0.39 is 0 Å². The number of rotatable bonds is 7. The van der Waals surface area contributed by atoms with Gasteiger partial charge in [-0.3, -0.25) is 19.6 Å². The van der Waals surface area contributed by atoms with E-state index >= 15 is 0 Å². The molecule has 3 aromatic heterocycles. The van der Waals surface area contributed by atoms with Gasteiger partial charge in [0.15, 0.2) is 11.6 Å². The van der Waals surface area contributed by atoms with E-state index in [0.29, 0.717) is 35.0 Å². The first-order valence-corrected chi connectivity index (χ1v) is 9.78. The monoisotopic (exact) mass is 425 g/mol. The molecule has 0 aliphatic carbocycles. The first-order valence-electron chi connectivity index (χ1n) is 9.78. The lowest BCUT2D eigenvalue weighted by molar-refractivity contribution is 0.101. The summed E-state index contributed by atoms with van der Waals surface area (Å²) in [6, 6.07) is 17.1. The summed E-state index contributed by atoms with van der Waals surface area (Å²) in [6.07, 6.45) is 8.00. The average Bonchev–Trinajstić information content (AvgIpc) is 2.85. The number of hydrogen-bond donors (Lipinski definition) is 2. The Morgan fingerprint density at radius 1 is 0.781 bits per heavy atom. The van der Waals surface area contributed by atoms with Crippen LogP contribution in [0.3, 0.4) is 0 Å². The molecule has 0 radical (unpaired) electrons. The Morgan fingerprint density at radius 3 is 2.38 bits per heavy atom. The number of carbonyl (C=O) groups is 2. The highest BCUT2D eigenvalue weighted by Gasteiger charge is 2.13. The molecule has 0 aliphatic heterocycles. The van der Waals surface area contributed by atoms with Crippen molar-refractivity contribution in [3.8, 4) is 5.75 Å². The Balaban J connectivity index is 1.44. The Morgan fingerprint density at radius 2 is 1.56 bits per heavy atom. The highest BCUT2D eigenvalue weighted by atomic mass is 16.5. The van der Waals surface area contributed by atoms with E-state index in [4.69, 9.17) is 4.74 Å². The van der Waals surface area contributed by atoms with Gasteiger partial charge in [0.2, 0.25) is 0 Å². The third-order valence-corrected chi connectivity index (χ3v) is 4.45. The Hall–Kier alpha value is -4.59. The minimum atomic E-state index is -0.380. The number of amides is 2. The van der Waals surface area contributed by atoms with Crippen molar-refractivity contribution in [2.75, 3.05) is 10.6 Å². The molecular formula is C24H19N5O3. The van der Waals surface area contributed by atoms with Crippen LogP contribution in [0.15, 0.2) is 91.6 Å². The molecule has 4 aromatic rings. The molecule has 8 nitrogen and oxygen atoms in total. The molecule has 0 bridgehead atoms. The quantitative estimate of drug-likeness (QED) is 0.464. The molecule has 0 unspecified atom stereocenters. The summed E-state index contributed by atoms with van der Waals surface area (Å²) in [6.45, 7) is 0.312. The normalized spacial score (nSPS) is 10.2. The van der Waals surface area contributed by atoms with Crippen LogP contribution in [0.4, 0.5) is 11.5 Å². The zero-order chi connectivity index (χ0) is 22.2. The predicted molar refractivity (Wildman–Crippen MR) is 119 cm³/mol. The van der Waals surface area contributed by atoms with Gasteiger partial charge < -0.3 is 15.4 Å². The van der Waals surface area contributed by atoms with Crippen molar-refractivity contribution in [2.24, 2.45) is 0 Å². The summed E-state index contributed by atoms with van der Waals surface area (Å²) in [5, 5.41) is 5.53. The van der Waals surface area contributed by atoms with Gasteiger partial charge in [-0.15, -0.1) is 0 Å². The third kappa shape index (κ3) is 5.31. The molecule has 2 amide bonds. The fourth-order valence-electron chi connectivity index (χ4n) is 2.86. The number of carbonyl (C=O) groups excluding carboxylic acids is 2. The first kappa shape index (κ1) is 20.7. The van der Waals surface area contributed by atoms with Crippen molar-refractivity contribution in [3.05, 3.63) is 108 Å². The van der Waals surface area contributed by atoms with Crippen LogP contribution in [0.1, 0.15) is 26.3 Å². The van der Waals surface area contributed by atoms with Gasteiger partial charge in [0.05, 0.1) is 5.56 Å². The fraction of sp³-hybridized carbons (Fsp3) is 0.0417. The van der Waals surface area contributed by atoms with Crippen LogP contribution in [0.5, 0.6) is 5.75 Å². The van der Waals surface area contributed by atoms with Crippen LogP contribution in [-0.4, -0.2) is 26.8 Å². The van der Waals surface area contributed by atoms with Gasteiger partial charge in [-0.2, -0.15) is 0 Å². The zero-order valence-corrected chi connectivity index (χ0v) is 16.9. The maximum atomic E-state index is 12.8. The summed E-state index contributed by atoms with van der Waals surface area (Å²) in [7, 11) is 0. The predicted octanol–water partition coefficient (Wildman–Crippen LogP) is 3.96. The number of ether oxygens (including phenoxy) is 1. The van der Waals surface area contributed by atoms with Crippen molar-refractivity contribution in [3.63, 3.8) is 0 Å². The topological polar surface area (TPSA) is 106 Å². The SMILES string of the molecule is O=C(Nc1cccc(C(=O)Nc2ncccc2OCc2ccncc2)c1)c1cccnc1. The Bertz CT molecular complexity index is 1220. The Labute approximate surface area is 184 Å². The van der Waals surface area contributed by atoms with Gasteiger partial charge in [-0.1, -0.05) is 6.07 Å². The van der Waals surface area contributed by atoms with Crippen LogP contribution < -0.4 is 15.4 Å². The van der Waals surface area contributed by atoms with Crippen LogP contribution >= 0.6 is 0 Å². The summed E-state index contributed by atoms with van der Waals surface area (Å²) >= 11 is 0. The minimum Gasteiger partial charge on any atom is -0.485 e. The van der Waals surface area contributed by atoms with Crippen molar-refractivity contribution >= 4 is 23.3 Å². The lowest BCUT2D eigenvalue weighted by atomic mass is 10.1. The second-order valence-corrected chi connectivity index (χ2v) is 6.73. The van der Waals surface area contributed by atoms with E-state index in [1.165, 1.54) is 6.20 Å². The van der Waals surface area contributed by atoms with Gasteiger partial charge in [0.25, 0.3) is 11.8 Å². The second-order valence-electron chi connectivity index (χ2n) is 6.73. The van der Waals surface area contributed by atoms with E-state index in [9.17, 15) is 9.59 Å². The largest absolute Gasteiger partial charge is 0.485 e. The fourth-order valence-corrected chi connectivity index (χ4v) is 2.86. The molecular weight excluding hydrogens is 406 g/mol. The molecule has 158 valence electrons. The van der Waals surface area contributed by atoms with E-state index in [0.717, 1.165) is 5.56 Å². The van der Waals surface area contributed by atoms with Crippen molar-refractivity contribution < 1.29 is 14.3 Å². The van der Waals surface area contributed by atoms with Gasteiger partial charge in [-0.25, -0.2) is 4.98 Å². The molecule has 32 heavy (non-hydrogen) atoms. The Kier molecular flexibility index (Phi) is 6.42. The standard InChI is InChI=1S/C24H19N5O3/c30-23(18-4-1-6-20(14-18)28-24(31)19-5-2-10-26-15-19)29-22-21(7-3-11-27-22)32-16-17-8-12-25-13-9-17/h1-15H,16H2,(H,28,31)(H,27,29,30). The van der Waals surface area contributed by atoms with Gasteiger partial charge >= 0.3 is 0 Å². The number of nitrogens with zero attached hydrogens (tertiary/aromatic N) is 3. The van der Waals surface area contributed by atoms with E-state index in [1.807, 2.05) is 12.1 Å². The third-order valence-electron chi connectivity index (χ3n) is 4.45. The molecule has 0 fully saturated rings. The van der Waals surface area contributed by atoms with Crippen LogP contribution in [0, 0.1) is 0 Å². The number of nitrogens with one attached hydrogen (secondary N) is 2. The van der Waals surface area contributed by atoms with Gasteiger partial charge in [-0.05, 0) is 60.2 Å². The first-order chi connectivity index (χ1) is 15.7. The lowest BCUT2D eigenvalue weighted by Crippen LogP contribution is -2.16. The van der Waals surface area contributed by atoms with E-state index in [2.05, 4.69) is 25.6 Å². The molecule has 0 saturated carbocycles. The maximum Gasteiger partial charge on any atom is 0.257 e. The van der Waals surface area contributed by atoms with Crippen molar-refractivity contribution in [1.82, 2.24) is 15.0 Å². The number of anilines is 2. The molecule has 0 atom stereocenters. The van der Waals surface area contributed by atoms with Gasteiger partial charge in [0, 0.05) is 42.2 Å². The number of benzene rings is 1. The van der Waals surface area contributed by atoms with Crippen LogP contribution in [0.25, 0.3) is 0 Å². The molecule has 3 heterocycles. The van der Waals surface area contributed by atoms with Crippen LogP contribution in [-0.2, 0) is 6.61 Å². The second kappa shape index (κ2) is 9.94. The molecule has 8 heteroatoms. The summed E-state index contributed by atoms with van der Waals surface area (Å²) in [4.78, 5) is 37.3. The molecule has 0 spiro atoms. The number of pyridine rings is 3. The molecule has 0 saturated heterocycles. The summed E-state index contributed by atoms with van der Waals surface area (Å²) in [5.74, 6) is 0.0529. The zero-order valence-electron chi connectivity index (χ0n) is 16.9. The summed E-state index contributed by atoms with van der Waals surface area (Å²) in [5.41, 5.74) is 2.21. The minimum absolute atomic E-state index is 0.302. The highest BCUT2D eigenvalue weighted by molar-refractivity contribution is 6.07. The van der Waals surface area contributed by atoms with Crippen molar-refractivity contribution in [1.29, 1.82) is 0 Å². The lowest BCUT2D eigenvalue weighted by Gasteiger charge is -2.12. The smallest absolute Gasteiger partial charge is 0.257 e. The number of hydrogen-bond acceptors (Lipinski definition) is 6. The highest BCUT2D eigenvalue weighted by Crippen LogP contribution is 2.23. The van der Waals surface area contributed by atoms with Crippen LogP contribution in [0.2, 0.25) is 0 Å². The van der Waals surface area contributed by atoms with E-state index in [1.54, 1.807) is 73.3 Å².